The summed E-state index contributed by atoms with van der Waals surface area (Å²) in [6.07, 6.45) is 3.80. The molecule has 0 aromatic heterocycles. The zero-order valence-electron chi connectivity index (χ0n) is 21.9. The molecule has 0 bridgehead atoms. The van der Waals surface area contributed by atoms with Gasteiger partial charge in [0.25, 0.3) is 0 Å². The molecule has 0 unspecified atom stereocenters. The third kappa shape index (κ3) is 6.92. The summed E-state index contributed by atoms with van der Waals surface area (Å²) in [6, 6.07) is 12.2. The predicted octanol–water partition coefficient (Wildman–Crippen LogP) is 4.11. The molecule has 2 aliphatic rings. The van der Waals surface area contributed by atoms with Gasteiger partial charge in [-0.3, -0.25) is 9.69 Å². The molecule has 1 N–H and O–H groups in total. The zero-order valence-corrected chi connectivity index (χ0v) is 21.9. The maximum Gasteiger partial charge on any atom is 0.222 e. The van der Waals surface area contributed by atoms with Crippen molar-refractivity contribution in [3.63, 3.8) is 0 Å². The number of ether oxygens (including phenoxy) is 3. The van der Waals surface area contributed by atoms with Gasteiger partial charge >= 0.3 is 0 Å². The Balaban J connectivity index is 1.22. The average Bonchev–Trinajstić information content (AvgIpc) is 3.28. The quantitative estimate of drug-likeness (QED) is 0.472. The number of piperidine rings is 1. The molecule has 2 aliphatic heterocycles. The molecule has 1 amide bonds. The summed E-state index contributed by atoms with van der Waals surface area (Å²) in [6.45, 7) is 8.99. The molecule has 2 aromatic rings. The number of carbonyl (C=O) groups excluding carboxylic acids is 1. The van der Waals surface area contributed by atoms with Gasteiger partial charge in [-0.15, -0.1) is 0 Å². The van der Waals surface area contributed by atoms with Crippen molar-refractivity contribution in [1.82, 2.24) is 9.80 Å². The van der Waals surface area contributed by atoms with Crippen molar-refractivity contribution >= 4 is 5.91 Å². The minimum absolute atomic E-state index is 0.252. The van der Waals surface area contributed by atoms with Crippen LogP contribution in [0.15, 0.2) is 36.4 Å². The molecular weight excluding hydrogens is 456 g/mol. The summed E-state index contributed by atoms with van der Waals surface area (Å²) in [4.78, 5) is 16.0. The number of hydrogen-bond donors (Lipinski definition) is 1. The van der Waals surface area contributed by atoms with Gasteiger partial charge < -0.3 is 24.2 Å². The number of carbonyl (C=O) groups is 1. The first-order valence-electron chi connectivity index (χ1n) is 13.1. The van der Waals surface area contributed by atoms with E-state index in [-0.39, 0.29) is 5.91 Å². The molecule has 0 radical (unpaired) electrons. The predicted molar refractivity (Wildman–Crippen MR) is 140 cm³/mol. The largest absolute Gasteiger partial charge is 0.493 e. The first-order chi connectivity index (χ1) is 17.3. The summed E-state index contributed by atoms with van der Waals surface area (Å²) in [5, 5.41) is 11.1. The molecule has 2 heterocycles. The average molecular weight is 497 g/mol. The number of nitrogens with zero attached hydrogens (tertiary/aromatic N) is 2. The van der Waals surface area contributed by atoms with Gasteiger partial charge in [0, 0.05) is 39.1 Å². The number of hydrogen-bond acceptors (Lipinski definition) is 6. The molecule has 2 aromatic carbocycles. The lowest BCUT2D eigenvalue weighted by molar-refractivity contribution is -0.127. The van der Waals surface area contributed by atoms with Crippen LogP contribution < -0.4 is 14.2 Å². The van der Waals surface area contributed by atoms with E-state index in [0.717, 1.165) is 73.9 Å². The molecule has 36 heavy (non-hydrogen) atoms. The van der Waals surface area contributed by atoms with Gasteiger partial charge in [-0.2, -0.15) is 0 Å². The highest BCUT2D eigenvalue weighted by Gasteiger charge is 2.33. The van der Waals surface area contributed by atoms with Crippen LogP contribution in [0.4, 0.5) is 0 Å². The summed E-state index contributed by atoms with van der Waals surface area (Å²) in [5.74, 6) is 2.54. The molecule has 0 saturated carbocycles. The maximum atomic E-state index is 11.7. The third-order valence-electron chi connectivity index (χ3n) is 7.25. The van der Waals surface area contributed by atoms with Gasteiger partial charge in [0.2, 0.25) is 5.91 Å². The second-order valence-electron chi connectivity index (χ2n) is 10.2. The van der Waals surface area contributed by atoms with E-state index in [1.54, 1.807) is 7.11 Å². The van der Waals surface area contributed by atoms with Crippen molar-refractivity contribution in [3.05, 3.63) is 53.1 Å². The van der Waals surface area contributed by atoms with Crippen molar-refractivity contribution in [1.29, 1.82) is 0 Å². The van der Waals surface area contributed by atoms with Gasteiger partial charge in [-0.25, -0.2) is 0 Å². The molecule has 2 saturated heterocycles. The highest BCUT2D eigenvalue weighted by molar-refractivity contribution is 5.78. The fourth-order valence-electron chi connectivity index (χ4n) is 5.01. The number of aryl methyl sites for hydroxylation is 2. The van der Waals surface area contributed by atoms with Crippen LogP contribution in [0.1, 0.15) is 48.8 Å². The van der Waals surface area contributed by atoms with E-state index in [0.29, 0.717) is 32.5 Å². The maximum absolute atomic E-state index is 11.7. The van der Waals surface area contributed by atoms with Crippen molar-refractivity contribution in [3.8, 4) is 17.2 Å². The fourth-order valence-corrected chi connectivity index (χ4v) is 5.01. The van der Waals surface area contributed by atoms with Crippen LogP contribution in [-0.2, 0) is 11.3 Å². The molecule has 0 aliphatic carbocycles. The van der Waals surface area contributed by atoms with Crippen LogP contribution in [-0.4, -0.2) is 72.9 Å². The van der Waals surface area contributed by atoms with Crippen LogP contribution in [0.2, 0.25) is 0 Å². The molecule has 0 atom stereocenters. The standard InChI is InChI=1S/C29H40N2O5/c1-22-7-9-25(23(2)18-22)36-21-29(33)11-15-30(16-12-29)20-24-8-10-26(27(19-24)34-3)35-17-5-14-31-13-4-6-28(31)32/h7-10,18-19,33H,4-6,11-17,20-21H2,1-3H3. The van der Waals surface area contributed by atoms with Crippen molar-refractivity contribution in [2.75, 3.05) is 46.5 Å². The van der Waals surface area contributed by atoms with Gasteiger partial charge in [-0.1, -0.05) is 23.8 Å². The number of rotatable bonds is 11. The van der Waals surface area contributed by atoms with Crippen LogP contribution in [0.25, 0.3) is 0 Å². The monoisotopic (exact) mass is 496 g/mol. The van der Waals surface area contributed by atoms with E-state index >= 15 is 0 Å². The lowest BCUT2D eigenvalue weighted by Gasteiger charge is -2.38. The van der Waals surface area contributed by atoms with Crippen molar-refractivity contribution in [2.24, 2.45) is 0 Å². The summed E-state index contributed by atoms with van der Waals surface area (Å²) < 4.78 is 17.5. The second-order valence-corrected chi connectivity index (χ2v) is 10.2. The van der Waals surface area contributed by atoms with Crippen LogP contribution in [0.5, 0.6) is 17.2 Å². The summed E-state index contributed by atoms with van der Waals surface area (Å²) in [7, 11) is 1.66. The smallest absolute Gasteiger partial charge is 0.222 e. The molecule has 2 fully saturated rings. The first-order valence-corrected chi connectivity index (χ1v) is 13.1. The van der Waals surface area contributed by atoms with E-state index in [1.165, 1.54) is 5.56 Å². The Kier molecular flexibility index (Phi) is 8.75. The van der Waals surface area contributed by atoms with E-state index in [9.17, 15) is 9.90 Å². The number of aliphatic hydroxyl groups is 1. The molecule has 0 spiro atoms. The molecular formula is C29H40N2O5. The third-order valence-corrected chi connectivity index (χ3v) is 7.25. The molecule has 4 rings (SSSR count). The summed E-state index contributed by atoms with van der Waals surface area (Å²) >= 11 is 0. The first kappa shape index (κ1) is 26.3. The van der Waals surface area contributed by atoms with Gasteiger partial charge in [0.15, 0.2) is 11.5 Å². The Morgan fingerprint density at radius 2 is 1.75 bits per heavy atom. The van der Waals surface area contributed by atoms with Crippen molar-refractivity contribution < 1.29 is 24.1 Å². The lowest BCUT2D eigenvalue weighted by atomic mass is 9.92. The van der Waals surface area contributed by atoms with E-state index in [1.807, 2.05) is 36.1 Å². The highest BCUT2D eigenvalue weighted by Crippen LogP contribution is 2.30. The molecule has 7 heteroatoms. The number of likely N-dealkylation sites (tertiary alicyclic amines) is 2. The van der Waals surface area contributed by atoms with Gasteiger partial charge in [0.05, 0.1) is 13.7 Å². The number of benzene rings is 2. The molecule has 7 nitrogen and oxygen atoms in total. The fraction of sp³-hybridized carbons (Fsp3) is 0.552. The van der Waals surface area contributed by atoms with E-state index in [4.69, 9.17) is 14.2 Å². The Bertz CT molecular complexity index is 1030. The highest BCUT2D eigenvalue weighted by atomic mass is 16.5. The Hall–Kier alpha value is -2.77. The SMILES string of the molecule is COc1cc(CN2CCC(O)(COc3ccc(C)cc3C)CC2)ccc1OCCCN1CCCC1=O. The Morgan fingerprint density at radius 1 is 0.972 bits per heavy atom. The molecule has 196 valence electrons. The summed E-state index contributed by atoms with van der Waals surface area (Å²) in [5.41, 5.74) is 2.65. The van der Waals surface area contributed by atoms with E-state index in [2.05, 4.69) is 24.0 Å². The van der Waals surface area contributed by atoms with E-state index < -0.39 is 5.60 Å². The minimum atomic E-state index is -0.803. The minimum Gasteiger partial charge on any atom is -0.493 e. The normalized spacial score (nSPS) is 17.9. The Labute approximate surface area is 214 Å². The van der Waals surface area contributed by atoms with Crippen LogP contribution >= 0.6 is 0 Å². The second kappa shape index (κ2) is 12.0. The number of amides is 1. The number of methoxy groups -OCH3 is 1. The van der Waals surface area contributed by atoms with Gasteiger partial charge in [0.1, 0.15) is 18.0 Å². The van der Waals surface area contributed by atoms with Crippen molar-refractivity contribution in [2.45, 2.75) is 58.1 Å². The van der Waals surface area contributed by atoms with Crippen LogP contribution in [0, 0.1) is 13.8 Å². The topological polar surface area (TPSA) is 71.5 Å². The van der Waals surface area contributed by atoms with Gasteiger partial charge in [-0.05, 0) is 68.9 Å². The lowest BCUT2D eigenvalue weighted by Crippen LogP contribution is -2.47. The zero-order chi connectivity index (χ0) is 25.5. The Morgan fingerprint density at radius 3 is 2.44 bits per heavy atom. The van der Waals surface area contributed by atoms with Crippen LogP contribution in [0.3, 0.4) is 0 Å².